The van der Waals surface area contributed by atoms with Gasteiger partial charge in [-0.3, -0.25) is 5.32 Å². The van der Waals surface area contributed by atoms with Crippen LogP contribution in [0.3, 0.4) is 0 Å². The largest absolute Gasteiger partial charge is 0.334 e. The van der Waals surface area contributed by atoms with Gasteiger partial charge in [0.05, 0.1) is 24.9 Å². The van der Waals surface area contributed by atoms with E-state index in [1.54, 1.807) is 0 Å². The number of carbonyl (C=O) groups excluding carboxylic acids is 1. The van der Waals surface area contributed by atoms with Crippen molar-refractivity contribution in [3.8, 4) is 0 Å². The Morgan fingerprint density at radius 1 is 1.29 bits per heavy atom. The topological polar surface area (TPSA) is 88.2 Å². The predicted molar refractivity (Wildman–Crippen MR) is 85.6 cm³/mol. The van der Waals surface area contributed by atoms with E-state index in [9.17, 15) is 13.2 Å². The van der Waals surface area contributed by atoms with Crippen LogP contribution < -0.4 is 10.0 Å². The number of halogens is 3. The molecule has 0 fully saturated rings. The number of nitrogens with zero attached hydrogens (tertiary/aromatic N) is 1. The molecule has 112 valence electrons. The van der Waals surface area contributed by atoms with E-state index >= 15 is 0 Å². The van der Waals surface area contributed by atoms with E-state index in [0.717, 1.165) is 17.4 Å². The van der Waals surface area contributed by atoms with Crippen molar-refractivity contribution in [2.45, 2.75) is 4.90 Å². The highest BCUT2D eigenvalue weighted by atomic mass is 79.9. The van der Waals surface area contributed by atoms with Crippen molar-refractivity contribution in [3.63, 3.8) is 0 Å². The number of aromatic nitrogens is 1. The van der Waals surface area contributed by atoms with Crippen LogP contribution in [0.15, 0.2) is 33.1 Å². The van der Waals surface area contributed by atoms with Crippen LogP contribution in [0.1, 0.15) is 0 Å². The van der Waals surface area contributed by atoms with Crippen molar-refractivity contribution in [2.24, 2.45) is 0 Å². The minimum atomic E-state index is -4.05. The summed E-state index contributed by atoms with van der Waals surface area (Å²) < 4.78 is 26.6. The third kappa shape index (κ3) is 4.30. The minimum absolute atomic E-state index is 0.0730. The average Bonchev–Trinajstić information content (AvgIpc) is 2.77. The van der Waals surface area contributed by atoms with Gasteiger partial charge in [0.2, 0.25) is 0 Å². The number of amides is 2. The molecule has 0 saturated carbocycles. The van der Waals surface area contributed by atoms with E-state index in [1.807, 2.05) is 4.72 Å². The molecule has 0 bridgehead atoms. The summed E-state index contributed by atoms with van der Waals surface area (Å²) in [5.74, 6) is 0. The Morgan fingerprint density at radius 2 is 2.00 bits per heavy atom. The highest BCUT2D eigenvalue weighted by molar-refractivity contribution is 9.11. The zero-order chi connectivity index (χ0) is 15.6. The second kappa shape index (κ2) is 6.49. The monoisotopic (exact) mass is 429 g/mol. The molecule has 1 aromatic heterocycles. The molecule has 2 N–H and O–H groups in total. The van der Waals surface area contributed by atoms with Gasteiger partial charge in [-0.2, -0.15) is 0 Å². The molecule has 21 heavy (non-hydrogen) atoms. The number of rotatable bonds is 3. The summed E-state index contributed by atoms with van der Waals surface area (Å²) >= 11 is 15.8. The van der Waals surface area contributed by atoms with Gasteiger partial charge in [-0.05, 0) is 34.1 Å². The Bertz CT molecular complexity index is 795. The maximum Gasteiger partial charge on any atom is 0.334 e. The Kier molecular flexibility index (Phi) is 5.10. The molecule has 0 radical (unpaired) electrons. The van der Waals surface area contributed by atoms with Gasteiger partial charge in [-0.1, -0.05) is 34.5 Å². The first-order valence-electron chi connectivity index (χ1n) is 5.18. The number of benzene rings is 1. The lowest BCUT2D eigenvalue weighted by Crippen LogP contribution is -2.34. The van der Waals surface area contributed by atoms with Crippen LogP contribution in [0.4, 0.5) is 9.93 Å². The number of sulfonamides is 1. The van der Waals surface area contributed by atoms with Crippen molar-refractivity contribution in [3.05, 3.63) is 38.2 Å². The molecule has 0 atom stereocenters. The molecular weight excluding hydrogens is 425 g/mol. The molecule has 0 unspecified atom stereocenters. The Balaban J connectivity index is 2.13. The van der Waals surface area contributed by atoms with Crippen LogP contribution >= 0.6 is 50.5 Å². The SMILES string of the molecule is O=C(Nc1ncc(Br)s1)NS(=O)(=O)c1ccc(Cl)c(Cl)c1. The quantitative estimate of drug-likeness (QED) is 0.776. The molecule has 2 aromatic rings. The lowest BCUT2D eigenvalue weighted by Gasteiger charge is -2.07. The second-order valence-corrected chi connectivity index (χ2v) is 8.51. The summed E-state index contributed by atoms with van der Waals surface area (Å²) in [5.41, 5.74) is 0. The van der Waals surface area contributed by atoms with Crippen molar-refractivity contribution < 1.29 is 13.2 Å². The predicted octanol–water partition coefficient (Wildman–Crippen LogP) is 3.72. The number of anilines is 1. The average molecular weight is 431 g/mol. The summed E-state index contributed by atoms with van der Waals surface area (Å²) in [4.78, 5) is 15.3. The fourth-order valence-corrected chi connectivity index (χ4v) is 3.66. The van der Waals surface area contributed by atoms with Crippen LogP contribution in [0.25, 0.3) is 0 Å². The third-order valence-corrected chi connectivity index (χ3v) is 5.59. The molecule has 0 aliphatic rings. The Hall–Kier alpha value is -0.870. The van der Waals surface area contributed by atoms with Crippen LogP contribution in [-0.2, 0) is 10.0 Å². The van der Waals surface area contributed by atoms with Gasteiger partial charge >= 0.3 is 6.03 Å². The van der Waals surface area contributed by atoms with Crippen LogP contribution in [0.5, 0.6) is 0 Å². The lowest BCUT2D eigenvalue weighted by molar-refractivity contribution is 0.256. The number of hydrogen-bond donors (Lipinski definition) is 2. The van der Waals surface area contributed by atoms with Gasteiger partial charge in [0.15, 0.2) is 5.13 Å². The first-order chi connectivity index (χ1) is 9.78. The number of urea groups is 1. The molecule has 1 aromatic carbocycles. The van der Waals surface area contributed by atoms with Gasteiger partial charge in [-0.15, -0.1) is 0 Å². The maximum atomic E-state index is 12.0. The molecule has 11 heteroatoms. The maximum absolute atomic E-state index is 12.0. The zero-order valence-corrected chi connectivity index (χ0v) is 14.7. The molecule has 6 nitrogen and oxygen atoms in total. The van der Waals surface area contributed by atoms with Gasteiger partial charge in [0, 0.05) is 0 Å². The Labute approximate surface area is 142 Å². The fraction of sp³-hybridized carbons (Fsp3) is 0. The summed E-state index contributed by atoms with van der Waals surface area (Å²) in [6.45, 7) is 0. The summed E-state index contributed by atoms with van der Waals surface area (Å²) in [6, 6.07) is 2.79. The van der Waals surface area contributed by atoms with E-state index < -0.39 is 16.1 Å². The van der Waals surface area contributed by atoms with Gasteiger partial charge in [-0.25, -0.2) is 22.9 Å². The van der Waals surface area contributed by atoms with Crippen LogP contribution in [0, 0.1) is 0 Å². The smallest absolute Gasteiger partial charge is 0.283 e. The molecule has 0 spiro atoms. The molecule has 0 aliphatic heterocycles. The summed E-state index contributed by atoms with van der Waals surface area (Å²) in [5, 5.41) is 2.85. The highest BCUT2D eigenvalue weighted by Crippen LogP contribution is 2.25. The number of carbonyl (C=O) groups is 1. The number of thiazole rings is 1. The molecule has 2 rings (SSSR count). The Morgan fingerprint density at radius 3 is 2.57 bits per heavy atom. The van der Waals surface area contributed by atoms with E-state index in [2.05, 4.69) is 26.2 Å². The van der Waals surface area contributed by atoms with E-state index in [1.165, 1.54) is 18.3 Å². The minimum Gasteiger partial charge on any atom is -0.283 e. The molecule has 0 saturated heterocycles. The van der Waals surface area contributed by atoms with Gasteiger partial charge in [0.25, 0.3) is 10.0 Å². The highest BCUT2D eigenvalue weighted by Gasteiger charge is 2.19. The number of hydrogen-bond acceptors (Lipinski definition) is 5. The molecule has 2 amide bonds. The third-order valence-electron chi connectivity index (χ3n) is 2.13. The van der Waals surface area contributed by atoms with Crippen molar-refractivity contribution in [2.75, 3.05) is 5.32 Å². The summed E-state index contributed by atoms with van der Waals surface area (Å²) in [7, 11) is -4.05. The van der Waals surface area contributed by atoms with Crippen molar-refractivity contribution >= 4 is 71.7 Å². The standard InChI is InChI=1S/C10H6BrCl2N3O3S2/c11-8-4-14-10(20-8)15-9(17)16-21(18,19)5-1-2-6(12)7(13)3-5/h1-4H,(H2,14,15,16,17). The fourth-order valence-electron chi connectivity index (χ4n) is 1.26. The second-order valence-electron chi connectivity index (χ2n) is 3.61. The molecule has 0 aliphatic carbocycles. The number of nitrogens with one attached hydrogen (secondary N) is 2. The van der Waals surface area contributed by atoms with Crippen LogP contribution in [0.2, 0.25) is 10.0 Å². The normalized spacial score (nSPS) is 11.2. The van der Waals surface area contributed by atoms with E-state index in [-0.39, 0.29) is 20.1 Å². The van der Waals surface area contributed by atoms with E-state index in [0.29, 0.717) is 3.79 Å². The first kappa shape index (κ1) is 16.5. The van der Waals surface area contributed by atoms with Crippen molar-refractivity contribution in [1.29, 1.82) is 0 Å². The van der Waals surface area contributed by atoms with Crippen molar-refractivity contribution in [1.82, 2.24) is 9.71 Å². The molecule has 1 heterocycles. The lowest BCUT2D eigenvalue weighted by atomic mass is 10.4. The molecular formula is C10H6BrCl2N3O3S2. The van der Waals surface area contributed by atoms with Gasteiger partial charge in [0.1, 0.15) is 0 Å². The zero-order valence-electron chi connectivity index (χ0n) is 9.93. The first-order valence-corrected chi connectivity index (χ1v) is 9.03. The van der Waals surface area contributed by atoms with Crippen LogP contribution in [-0.4, -0.2) is 19.4 Å². The van der Waals surface area contributed by atoms with E-state index in [4.69, 9.17) is 23.2 Å². The van der Waals surface area contributed by atoms with Gasteiger partial charge < -0.3 is 0 Å². The summed E-state index contributed by atoms with van der Waals surface area (Å²) in [6.07, 6.45) is 1.48.